The normalized spacial score (nSPS) is 10.3. The molecule has 6 heteroatoms. The average molecular weight is 134 g/mol. The summed E-state index contributed by atoms with van der Waals surface area (Å²) in [5.41, 5.74) is 0. The van der Waals surface area contributed by atoms with Crippen LogP contribution < -0.4 is 14.4 Å². The molecular weight excluding hydrogens is 131 g/mol. The Balaban J connectivity index is 0. The molecule has 0 aromatic rings. The van der Waals surface area contributed by atoms with Crippen molar-refractivity contribution in [3.05, 3.63) is 0 Å². The van der Waals surface area contributed by atoms with Gasteiger partial charge in [0.05, 0.1) is 0 Å². The van der Waals surface area contributed by atoms with Gasteiger partial charge in [-0.15, -0.1) is 9.05 Å². The molecule has 0 aliphatic carbocycles. The summed E-state index contributed by atoms with van der Waals surface area (Å²) in [5, 5.41) is 0. The monoisotopic (exact) mass is 134 g/mol. The van der Waals surface area contributed by atoms with Crippen LogP contribution in [0.25, 0.3) is 0 Å². The van der Waals surface area contributed by atoms with E-state index in [1.807, 2.05) is 0 Å². The third-order valence-corrected chi connectivity index (χ3v) is 0.750. The molecule has 0 aromatic heterocycles. The van der Waals surface area contributed by atoms with Crippen LogP contribution in [0.2, 0.25) is 0 Å². The Bertz CT molecular complexity index is 41.4. The third-order valence-electron chi connectivity index (χ3n) is 0.250. The molecule has 0 saturated heterocycles. The average Bonchev–Trinajstić information content (AvgIpc) is 1.35. The van der Waals surface area contributed by atoms with Gasteiger partial charge in [0, 0.05) is 7.11 Å². The van der Waals surface area contributed by atoms with Crippen LogP contribution in [0.15, 0.2) is 0 Å². The summed E-state index contributed by atoms with van der Waals surface area (Å²) < 4.78 is 3.41. The molecule has 0 aliphatic heterocycles. The maximum atomic E-state index is 9.28. The van der Waals surface area contributed by atoms with Crippen molar-refractivity contribution in [3.63, 3.8) is 0 Å². The minimum Gasteiger partial charge on any atom is -0.861 e. The van der Waals surface area contributed by atoms with Gasteiger partial charge in [0.2, 0.25) is 0 Å². The fraction of sp³-hybridized carbons (Fsp3) is 1.00. The minimum atomic E-state index is -4.88. The fourth-order valence-electron chi connectivity index (χ4n) is 0. The maximum absolute atomic E-state index is 9.28. The predicted octanol–water partition coefficient (Wildman–Crippen LogP) is -4.23. The van der Waals surface area contributed by atoms with Crippen LogP contribution in [0.4, 0.5) is 0 Å². The second kappa shape index (κ2) is 3.57. The fourth-order valence-corrected chi connectivity index (χ4v) is 0. The van der Waals surface area contributed by atoms with Crippen LogP contribution in [0.1, 0.15) is 0 Å². The molecule has 7 heavy (non-hydrogen) atoms. The van der Waals surface area contributed by atoms with Crippen molar-refractivity contribution < 1.29 is 18.8 Å². The van der Waals surface area contributed by atoms with Gasteiger partial charge in [-0.3, -0.25) is 0 Å². The van der Waals surface area contributed by atoms with Gasteiger partial charge >= 0.3 is 17.4 Å². The Labute approximate surface area is 53.0 Å². The first-order valence-corrected chi connectivity index (χ1v) is 2.86. The van der Waals surface area contributed by atoms with Gasteiger partial charge in [0.1, 0.15) is 0 Å². The van der Waals surface area contributed by atoms with E-state index in [0.717, 1.165) is 7.11 Å². The Morgan fingerprint density at radius 3 is 1.43 bits per heavy atom. The zero-order valence-corrected chi connectivity index (χ0v) is 5.87. The number of hydrogen-bond acceptors (Lipinski definition) is 4. The predicted molar refractivity (Wildman–Crippen MR) is 18.5 cm³/mol. The summed E-state index contributed by atoms with van der Waals surface area (Å²) >= 11 is 0. The van der Waals surface area contributed by atoms with E-state index in [1.165, 1.54) is 0 Å². The van der Waals surface area contributed by atoms with Crippen molar-refractivity contribution >= 4 is 26.4 Å². The van der Waals surface area contributed by atoms with E-state index in [9.17, 15) is 14.4 Å². The van der Waals surface area contributed by atoms with Crippen LogP contribution in [0.5, 0.6) is 0 Å². The molecule has 0 fully saturated rings. The first-order chi connectivity index (χ1) is 2.56. The first-order valence-electron chi connectivity index (χ1n) is 1.22. The van der Waals surface area contributed by atoms with Crippen molar-refractivity contribution in [1.29, 1.82) is 0 Å². The molecular formula is CH3AlO4Si. The summed E-state index contributed by atoms with van der Waals surface area (Å²) in [6, 6.07) is 0. The molecule has 4 nitrogen and oxygen atoms in total. The molecule has 38 valence electrons. The third kappa shape index (κ3) is 10.8. The van der Waals surface area contributed by atoms with E-state index in [-0.39, 0.29) is 17.4 Å². The van der Waals surface area contributed by atoms with E-state index in [1.54, 1.807) is 0 Å². The standard InChI is InChI=1S/CH3O4Si.Al/c1-5-6(2,3)4;/h1H3;/q-3;+3. The molecule has 0 atom stereocenters. The summed E-state index contributed by atoms with van der Waals surface area (Å²) in [6.07, 6.45) is 0. The topological polar surface area (TPSA) is 78.4 Å². The van der Waals surface area contributed by atoms with Crippen molar-refractivity contribution in [3.8, 4) is 0 Å². The molecule has 0 heterocycles. The molecule has 0 unspecified atom stereocenters. The SMILES string of the molecule is CO[Si]([O-])([O-])[O-].[Al+3]. The molecule has 0 rings (SSSR count). The Morgan fingerprint density at radius 1 is 1.29 bits per heavy atom. The molecule has 0 saturated carbocycles. The van der Waals surface area contributed by atoms with Gasteiger partial charge in [-0.1, -0.05) is 0 Å². The number of hydrogen-bond donors (Lipinski definition) is 0. The summed E-state index contributed by atoms with van der Waals surface area (Å²) in [6.45, 7) is 0. The number of rotatable bonds is 1. The molecule has 0 bridgehead atoms. The molecule has 0 aromatic carbocycles. The Hall–Kier alpha value is 0.589. The van der Waals surface area contributed by atoms with E-state index < -0.39 is 9.05 Å². The van der Waals surface area contributed by atoms with Gasteiger partial charge in [-0.05, 0) is 0 Å². The second-order valence-corrected chi connectivity index (χ2v) is 2.11. The van der Waals surface area contributed by atoms with E-state index in [4.69, 9.17) is 0 Å². The van der Waals surface area contributed by atoms with Crippen LogP contribution >= 0.6 is 0 Å². The van der Waals surface area contributed by atoms with Gasteiger partial charge in [-0.2, -0.15) is 0 Å². The van der Waals surface area contributed by atoms with Gasteiger partial charge < -0.3 is 18.8 Å². The summed E-state index contributed by atoms with van der Waals surface area (Å²) in [7, 11) is -4.05. The largest absolute Gasteiger partial charge is 3.00 e. The minimum absolute atomic E-state index is 0. The molecule has 0 N–H and O–H groups in total. The van der Waals surface area contributed by atoms with Crippen LogP contribution in [0.3, 0.4) is 0 Å². The Kier molecular flexibility index (Phi) is 5.39. The van der Waals surface area contributed by atoms with Gasteiger partial charge in [0.15, 0.2) is 0 Å². The van der Waals surface area contributed by atoms with Crippen LogP contribution in [0, 0.1) is 0 Å². The van der Waals surface area contributed by atoms with Crippen molar-refractivity contribution in [2.24, 2.45) is 0 Å². The van der Waals surface area contributed by atoms with E-state index in [2.05, 4.69) is 4.43 Å². The molecule has 0 aliphatic rings. The summed E-state index contributed by atoms with van der Waals surface area (Å²) in [5.74, 6) is 0. The first kappa shape index (κ1) is 10.5. The quantitative estimate of drug-likeness (QED) is 0.340. The van der Waals surface area contributed by atoms with E-state index in [0.29, 0.717) is 0 Å². The van der Waals surface area contributed by atoms with Crippen molar-refractivity contribution in [1.82, 2.24) is 0 Å². The van der Waals surface area contributed by atoms with Crippen LogP contribution in [-0.4, -0.2) is 33.5 Å². The van der Waals surface area contributed by atoms with Crippen molar-refractivity contribution in [2.45, 2.75) is 0 Å². The second-order valence-electron chi connectivity index (χ2n) is 0.704. The maximum Gasteiger partial charge on any atom is 3.00 e. The smallest absolute Gasteiger partial charge is 0.861 e. The van der Waals surface area contributed by atoms with Gasteiger partial charge in [-0.25, -0.2) is 0 Å². The zero-order valence-electron chi connectivity index (χ0n) is 3.71. The molecule has 0 spiro atoms. The van der Waals surface area contributed by atoms with Crippen LogP contribution in [-0.2, 0) is 4.43 Å². The van der Waals surface area contributed by atoms with Gasteiger partial charge in [0.25, 0.3) is 0 Å². The Morgan fingerprint density at radius 2 is 1.43 bits per heavy atom. The molecule has 0 radical (unpaired) electrons. The summed E-state index contributed by atoms with van der Waals surface area (Å²) in [4.78, 5) is 27.8. The molecule has 0 amide bonds. The van der Waals surface area contributed by atoms with E-state index >= 15 is 0 Å². The zero-order chi connectivity index (χ0) is 5.21. The van der Waals surface area contributed by atoms with Crippen molar-refractivity contribution in [2.75, 3.05) is 7.11 Å².